The molecule has 0 aromatic heterocycles. The van der Waals surface area contributed by atoms with Crippen molar-refractivity contribution < 1.29 is 14.2 Å². The number of ether oxygens (including phenoxy) is 3. The molecular weight excluding hydrogens is 244 g/mol. The Bertz CT molecular complexity index is 439. The number of benzene rings is 1. The van der Waals surface area contributed by atoms with Gasteiger partial charge >= 0.3 is 0 Å². The van der Waals surface area contributed by atoms with Crippen molar-refractivity contribution in [3.05, 3.63) is 23.8 Å². The molecule has 1 N–H and O–H groups in total. The van der Waals surface area contributed by atoms with Crippen LogP contribution in [0.5, 0.6) is 11.5 Å². The van der Waals surface area contributed by atoms with E-state index in [9.17, 15) is 0 Å². The van der Waals surface area contributed by atoms with Gasteiger partial charge in [0, 0.05) is 31.7 Å². The van der Waals surface area contributed by atoms with Crippen molar-refractivity contribution in [1.29, 1.82) is 0 Å². The summed E-state index contributed by atoms with van der Waals surface area (Å²) in [5.74, 6) is 1.71. The number of rotatable bonds is 4. The molecule has 1 atom stereocenters. The number of nitrogens with zero attached hydrogens (tertiary/aromatic N) is 1. The highest BCUT2D eigenvalue weighted by molar-refractivity contribution is 5.48. The van der Waals surface area contributed by atoms with Crippen LogP contribution in [0.15, 0.2) is 18.2 Å². The predicted octanol–water partition coefficient (Wildman–Crippen LogP) is 0.835. The van der Waals surface area contributed by atoms with Crippen LogP contribution >= 0.6 is 0 Å². The topological polar surface area (TPSA) is 43.0 Å². The second kappa shape index (κ2) is 5.77. The summed E-state index contributed by atoms with van der Waals surface area (Å²) in [5, 5.41) is 3.43. The fourth-order valence-corrected chi connectivity index (χ4v) is 2.49. The highest BCUT2D eigenvalue weighted by atomic mass is 16.7. The van der Waals surface area contributed by atoms with Crippen LogP contribution in [0.25, 0.3) is 0 Å². The molecule has 19 heavy (non-hydrogen) atoms. The third-order valence-electron chi connectivity index (χ3n) is 3.51. The molecule has 0 aliphatic carbocycles. The lowest BCUT2D eigenvalue weighted by molar-refractivity contribution is -0.0182. The van der Waals surface area contributed by atoms with E-state index in [0.717, 1.165) is 49.8 Å². The molecule has 2 aliphatic heterocycles. The fourth-order valence-electron chi connectivity index (χ4n) is 2.49. The predicted molar refractivity (Wildman–Crippen MR) is 71.5 cm³/mol. The van der Waals surface area contributed by atoms with Crippen molar-refractivity contribution in [2.75, 3.05) is 40.1 Å². The molecule has 104 valence electrons. The number of fused-ring (bicyclic) bond motifs is 1. The lowest BCUT2D eigenvalue weighted by Crippen LogP contribution is -2.44. The summed E-state index contributed by atoms with van der Waals surface area (Å²) in [4.78, 5) is 2.30. The summed E-state index contributed by atoms with van der Waals surface area (Å²) in [6.45, 7) is 4.78. The van der Waals surface area contributed by atoms with Crippen LogP contribution in [0.4, 0.5) is 0 Å². The molecule has 1 aromatic rings. The smallest absolute Gasteiger partial charge is 0.231 e. The molecule has 1 unspecified atom stereocenters. The van der Waals surface area contributed by atoms with Gasteiger partial charge in [-0.25, -0.2) is 0 Å². The van der Waals surface area contributed by atoms with E-state index >= 15 is 0 Å². The van der Waals surface area contributed by atoms with E-state index in [1.807, 2.05) is 12.1 Å². The zero-order valence-corrected chi connectivity index (χ0v) is 11.2. The molecule has 0 spiro atoms. The second-order valence-corrected chi connectivity index (χ2v) is 5.04. The van der Waals surface area contributed by atoms with Gasteiger partial charge in [0.2, 0.25) is 6.79 Å². The number of likely N-dealkylation sites (N-methyl/N-ethyl adjacent to an activating group) is 1. The van der Waals surface area contributed by atoms with Gasteiger partial charge < -0.3 is 24.4 Å². The summed E-state index contributed by atoms with van der Waals surface area (Å²) in [7, 11) is 2.13. The third-order valence-corrected chi connectivity index (χ3v) is 3.51. The average molecular weight is 264 g/mol. The Morgan fingerprint density at radius 3 is 3.21 bits per heavy atom. The summed E-state index contributed by atoms with van der Waals surface area (Å²) in [5.41, 5.74) is 1.14. The molecule has 1 saturated heterocycles. The summed E-state index contributed by atoms with van der Waals surface area (Å²) in [6.07, 6.45) is 0.271. The molecule has 0 saturated carbocycles. The summed E-state index contributed by atoms with van der Waals surface area (Å²) in [6, 6.07) is 5.99. The van der Waals surface area contributed by atoms with Gasteiger partial charge in [0.25, 0.3) is 0 Å². The lowest BCUT2D eigenvalue weighted by atomic mass is 10.2. The molecule has 5 heteroatoms. The first-order chi connectivity index (χ1) is 9.33. The minimum Gasteiger partial charge on any atom is -0.454 e. The van der Waals surface area contributed by atoms with Crippen LogP contribution in [0.1, 0.15) is 5.56 Å². The van der Waals surface area contributed by atoms with Gasteiger partial charge in [-0.3, -0.25) is 0 Å². The van der Waals surface area contributed by atoms with Crippen molar-refractivity contribution >= 4 is 0 Å². The van der Waals surface area contributed by atoms with Gasteiger partial charge in [-0.1, -0.05) is 12.1 Å². The van der Waals surface area contributed by atoms with Gasteiger partial charge in [-0.15, -0.1) is 0 Å². The van der Waals surface area contributed by atoms with Crippen molar-refractivity contribution in [1.82, 2.24) is 10.2 Å². The SMILES string of the molecule is CN1CCOC(CNCc2cccc3c2OCO3)C1. The van der Waals surface area contributed by atoms with Crippen LogP contribution < -0.4 is 14.8 Å². The van der Waals surface area contributed by atoms with E-state index in [-0.39, 0.29) is 6.10 Å². The fraction of sp³-hybridized carbons (Fsp3) is 0.571. The zero-order valence-electron chi connectivity index (χ0n) is 11.2. The van der Waals surface area contributed by atoms with Crippen LogP contribution in [0.3, 0.4) is 0 Å². The molecule has 2 aliphatic rings. The first-order valence-corrected chi connectivity index (χ1v) is 6.71. The minimum atomic E-state index is 0.271. The van der Waals surface area contributed by atoms with E-state index in [1.165, 1.54) is 0 Å². The van der Waals surface area contributed by atoms with Gasteiger partial charge in [0.15, 0.2) is 11.5 Å². The molecular formula is C14H20N2O3. The Kier molecular flexibility index (Phi) is 3.87. The Balaban J connectivity index is 1.51. The van der Waals surface area contributed by atoms with Gasteiger partial charge in [0.05, 0.1) is 12.7 Å². The first-order valence-electron chi connectivity index (χ1n) is 6.71. The first kappa shape index (κ1) is 12.7. The van der Waals surface area contributed by atoms with Crippen molar-refractivity contribution in [2.45, 2.75) is 12.6 Å². The minimum absolute atomic E-state index is 0.271. The van der Waals surface area contributed by atoms with Crippen LogP contribution in [0.2, 0.25) is 0 Å². The van der Waals surface area contributed by atoms with Crippen LogP contribution in [-0.2, 0) is 11.3 Å². The maximum Gasteiger partial charge on any atom is 0.231 e. The molecule has 1 fully saturated rings. The largest absolute Gasteiger partial charge is 0.454 e. The summed E-state index contributed by atoms with van der Waals surface area (Å²) < 4.78 is 16.6. The molecule has 1 aromatic carbocycles. The third kappa shape index (κ3) is 3.00. The summed E-state index contributed by atoms with van der Waals surface area (Å²) >= 11 is 0. The van der Waals surface area contributed by atoms with E-state index < -0.39 is 0 Å². The van der Waals surface area contributed by atoms with Gasteiger partial charge in [0.1, 0.15) is 0 Å². The maximum atomic E-state index is 5.72. The number of hydrogen-bond acceptors (Lipinski definition) is 5. The van der Waals surface area contributed by atoms with Gasteiger partial charge in [-0.05, 0) is 13.1 Å². The van der Waals surface area contributed by atoms with Crippen molar-refractivity contribution in [2.24, 2.45) is 0 Å². The second-order valence-electron chi connectivity index (χ2n) is 5.04. The Hall–Kier alpha value is -1.30. The maximum absolute atomic E-state index is 5.72. The number of morpholine rings is 1. The molecule has 0 bridgehead atoms. The molecule has 0 radical (unpaired) electrons. The average Bonchev–Trinajstić information content (AvgIpc) is 2.88. The van der Waals surface area contributed by atoms with E-state index in [1.54, 1.807) is 0 Å². The number of hydrogen-bond donors (Lipinski definition) is 1. The monoisotopic (exact) mass is 264 g/mol. The van der Waals surface area contributed by atoms with Crippen LogP contribution in [0, 0.1) is 0 Å². The lowest BCUT2D eigenvalue weighted by Gasteiger charge is -2.30. The molecule has 2 heterocycles. The highest BCUT2D eigenvalue weighted by Gasteiger charge is 2.19. The Morgan fingerprint density at radius 2 is 2.32 bits per heavy atom. The Labute approximate surface area is 113 Å². The number of nitrogens with one attached hydrogen (secondary N) is 1. The quantitative estimate of drug-likeness (QED) is 0.873. The zero-order chi connectivity index (χ0) is 13.1. The van der Waals surface area contributed by atoms with Crippen LogP contribution in [-0.4, -0.2) is 51.1 Å². The molecule has 5 nitrogen and oxygen atoms in total. The van der Waals surface area contributed by atoms with E-state index in [4.69, 9.17) is 14.2 Å². The van der Waals surface area contributed by atoms with E-state index in [0.29, 0.717) is 6.79 Å². The van der Waals surface area contributed by atoms with Gasteiger partial charge in [-0.2, -0.15) is 0 Å². The molecule has 3 rings (SSSR count). The highest BCUT2D eigenvalue weighted by Crippen LogP contribution is 2.35. The van der Waals surface area contributed by atoms with Crippen molar-refractivity contribution in [3.63, 3.8) is 0 Å². The van der Waals surface area contributed by atoms with Crippen molar-refractivity contribution in [3.8, 4) is 11.5 Å². The van der Waals surface area contributed by atoms with E-state index in [2.05, 4.69) is 23.3 Å². The molecule has 0 amide bonds. The normalized spacial score (nSPS) is 22.7. The number of para-hydroxylation sites is 1. The Morgan fingerprint density at radius 1 is 1.37 bits per heavy atom. The standard InChI is InChI=1S/C14H20N2O3/c1-16-5-6-17-12(9-16)8-15-7-11-3-2-4-13-14(11)19-10-18-13/h2-4,12,15H,5-10H2,1H3.